The summed E-state index contributed by atoms with van der Waals surface area (Å²) >= 11 is 0. The van der Waals surface area contributed by atoms with Crippen molar-refractivity contribution in [2.75, 3.05) is 13.1 Å². The molecular formula is C18H24N2O2. The molecule has 4 nitrogen and oxygen atoms in total. The molecule has 3 rings (SSSR count). The van der Waals surface area contributed by atoms with E-state index in [9.17, 15) is 9.90 Å². The van der Waals surface area contributed by atoms with Gasteiger partial charge in [0.1, 0.15) is 0 Å². The van der Waals surface area contributed by atoms with Crippen LogP contribution in [-0.4, -0.2) is 33.7 Å². The molecule has 22 heavy (non-hydrogen) atoms. The molecule has 0 aliphatic carbocycles. The lowest BCUT2D eigenvalue weighted by Crippen LogP contribution is -2.44. The molecule has 0 amide bonds. The molecule has 2 heterocycles. The number of rotatable bonds is 3. The van der Waals surface area contributed by atoms with Gasteiger partial charge in [0.05, 0.1) is 5.60 Å². The van der Waals surface area contributed by atoms with Gasteiger partial charge in [-0.25, -0.2) is 0 Å². The third-order valence-corrected chi connectivity index (χ3v) is 4.79. The van der Waals surface area contributed by atoms with Gasteiger partial charge >= 0.3 is 0 Å². The smallest absolute Gasteiger partial charge is 0.255 e. The van der Waals surface area contributed by atoms with Crippen LogP contribution < -0.4 is 5.56 Å². The van der Waals surface area contributed by atoms with Gasteiger partial charge in [-0.05, 0) is 56.2 Å². The lowest BCUT2D eigenvalue weighted by molar-refractivity contribution is -0.0197. The van der Waals surface area contributed by atoms with E-state index in [1.54, 1.807) is 0 Å². The predicted octanol–water partition coefficient (Wildman–Crippen LogP) is 2.51. The number of aromatic amines is 1. The van der Waals surface area contributed by atoms with Gasteiger partial charge in [-0.1, -0.05) is 18.2 Å². The molecule has 0 saturated carbocycles. The Balaban J connectivity index is 1.85. The Bertz CT molecular complexity index is 715. The summed E-state index contributed by atoms with van der Waals surface area (Å²) in [5, 5.41) is 12.0. The van der Waals surface area contributed by atoms with Crippen molar-refractivity contribution in [3.63, 3.8) is 0 Å². The van der Waals surface area contributed by atoms with Crippen molar-refractivity contribution in [2.24, 2.45) is 5.92 Å². The molecule has 1 unspecified atom stereocenters. The summed E-state index contributed by atoms with van der Waals surface area (Å²) in [5.74, 6) is 0.301. The lowest BCUT2D eigenvalue weighted by atomic mass is 9.84. The van der Waals surface area contributed by atoms with Crippen molar-refractivity contribution in [3.8, 4) is 0 Å². The Labute approximate surface area is 130 Å². The van der Waals surface area contributed by atoms with Gasteiger partial charge in [-0.2, -0.15) is 0 Å². The lowest BCUT2D eigenvalue weighted by Gasteiger charge is -2.38. The van der Waals surface area contributed by atoms with Gasteiger partial charge in [0.25, 0.3) is 5.56 Å². The van der Waals surface area contributed by atoms with E-state index in [0.717, 1.165) is 48.8 Å². The number of aromatic nitrogens is 1. The first-order chi connectivity index (χ1) is 10.4. The maximum absolute atomic E-state index is 11.9. The van der Waals surface area contributed by atoms with Crippen LogP contribution in [0.2, 0.25) is 0 Å². The minimum absolute atomic E-state index is 0.0348. The number of nitrogens with zero attached hydrogens (tertiary/aromatic N) is 1. The molecule has 1 atom stereocenters. The van der Waals surface area contributed by atoms with Crippen LogP contribution in [0.3, 0.4) is 0 Å². The quantitative estimate of drug-likeness (QED) is 0.916. The Morgan fingerprint density at radius 3 is 2.77 bits per heavy atom. The second kappa shape index (κ2) is 5.86. The molecule has 1 aliphatic heterocycles. The molecule has 0 radical (unpaired) electrons. The first kappa shape index (κ1) is 15.3. The maximum atomic E-state index is 11.9. The van der Waals surface area contributed by atoms with E-state index in [1.807, 2.05) is 44.3 Å². The number of piperidine rings is 1. The van der Waals surface area contributed by atoms with Crippen molar-refractivity contribution >= 4 is 10.8 Å². The zero-order valence-corrected chi connectivity index (χ0v) is 13.3. The number of pyridine rings is 1. The van der Waals surface area contributed by atoms with Crippen LogP contribution in [0.4, 0.5) is 0 Å². The fraction of sp³-hybridized carbons (Fsp3) is 0.500. The van der Waals surface area contributed by atoms with E-state index < -0.39 is 5.60 Å². The highest BCUT2D eigenvalue weighted by Gasteiger charge is 2.31. The van der Waals surface area contributed by atoms with Crippen LogP contribution in [0.25, 0.3) is 10.8 Å². The number of likely N-dealkylation sites (tertiary alicyclic amines) is 1. The van der Waals surface area contributed by atoms with Crippen molar-refractivity contribution in [3.05, 3.63) is 46.4 Å². The highest BCUT2D eigenvalue weighted by Crippen LogP contribution is 2.28. The molecule has 118 valence electrons. The fourth-order valence-corrected chi connectivity index (χ4v) is 3.42. The molecule has 4 heteroatoms. The molecule has 0 spiro atoms. The van der Waals surface area contributed by atoms with E-state index in [2.05, 4.69) is 9.88 Å². The molecule has 1 fully saturated rings. The van der Waals surface area contributed by atoms with Gasteiger partial charge < -0.3 is 10.1 Å². The van der Waals surface area contributed by atoms with Crippen LogP contribution in [0, 0.1) is 5.92 Å². The van der Waals surface area contributed by atoms with Crippen molar-refractivity contribution in [1.82, 2.24) is 9.88 Å². The van der Waals surface area contributed by atoms with Crippen LogP contribution in [0.5, 0.6) is 0 Å². The SMILES string of the molecule is CC(C)(O)C1CCCN(Cc2c[nH]c(=O)c3ccccc23)C1. The summed E-state index contributed by atoms with van der Waals surface area (Å²) in [7, 11) is 0. The largest absolute Gasteiger partial charge is 0.390 e. The van der Waals surface area contributed by atoms with Crippen molar-refractivity contribution in [2.45, 2.75) is 38.8 Å². The van der Waals surface area contributed by atoms with Gasteiger partial charge in [0.15, 0.2) is 0 Å². The number of benzene rings is 1. The van der Waals surface area contributed by atoms with Crippen LogP contribution >= 0.6 is 0 Å². The number of hydrogen-bond acceptors (Lipinski definition) is 3. The molecule has 1 saturated heterocycles. The summed E-state index contributed by atoms with van der Waals surface area (Å²) in [4.78, 5) is 17.1. The fourth-order valence-electron chi connectivity index (χ4n) is 3.42. The number of fused-ring (bicyclic) bond motifs is 1. The maximum Gasteiger partial charge on any atom is 0.255 e. The Kier molecular flexibility index (Phi) is 4.06. The molecule has 0 bridgehead atoms. The summed E-state index contributed by atoms with van der Waals surface area (Å²) < 4.78 is 0. The second-order valence-corrected chi connectivity index (χ2v) is 6.92. The van der Waals surface area contributed by atoms with Crippen LogP contribution in [0.15, 0.2) is 35.3 Å². The minimum atomic E-state index is -0.633. The van der Waals surface area contributed by atoms with Gasteiger partial charge in [0.2, 0.25) is 0 Å². The number of nitrogens with one attached hydrogen (secondary N) is 1. The Morgan fingerprint density at radius 2 is 2.05 bits per heavy atom. The zero-order chi connectivity index (χ0) is 15.7. The van der Waals surface area contributed by atoms with Gasteiger partial charge in [0, 0.05) is 24.7 Å². The van der Waals surface area contributed by atoms with Crippen LogP contribution in [-0.2, 0) is 6.54 Å². The molecule has 2 N–H and O–H groups in total. The average molecular weight is 300 g/mol. The molecule has 2 aromatic rings. The normalized spacial score (nSPS) is 20.4. The van der Waals surface area contributed by atoms with Crippen molar-refractivity contribution < 1.29 is 5.11 Å². The highest BCUT2D eigenvalue weighted by atomic mass is 16.3. The minimum Gasteiger partial charge on any atom is -0.390 e. The Morgan fingerprint density at radius 1 is 1.32 bits per heavy atom. The molecule has 1 aliphatic rings. The summed E-state index contributed by atoms with van der Waals surface area (Å²) in [5.41, 5.74) is 0.477. The van der Waals surface area contributed by atoms with Gasteiger partial charge in [-0.3, -0.25) is 9.69 Å². The third-order valence-electron chi connectivity index (χ3n) is 4.79. The summed E-state index contributed by atoms with van der Waals surface area (Å²) in [6.45, 7) is 6.55. The number of aliphatic hydroxyl groups is 1. The zero-order valence-electron chi connectivity index (χ0n) is 13.3. The molecular weight excluding hydrogens is 276 g/mol. The Hall–Kier alpha value is -1.65. The molecule has 1 aromatic carbocycles. The van der Waals surface area contributed by atoms with E-state index in [1.165, 1.54) is 0 Å². The second-order valence-electron chi connectivity index (χ2n) is 6.92. The van der Waals surface area contributed by atoms with Gasteiger partial charge in [-0.15, -0.1) is 0 Å². The standard InChI is InChI=1S/C18H24N2O2/c1-18(2,22)14-6-5-9-20(12-14)11-13-10-19-17(21)16-8-4-3-7-15(13)16/h3-4,7-8,10,14,22H,5-6,9,11-12H2,1-2H3,(H,19,21). The first-order valence-corrected chi connectivity index (χ1v) is 7.99. The third kappa shape index (κ3) is 3.08. The van der Waals surface area contributed by atoms with E-state index in [-0.39, 0.29) is 5.56 Å². The first-order valence-electron chi connectivity index (χ1n) is 7.99. The van der Waals surface area contributed by atoms with E-state index >= 15 is 0 Å². The summed E-state index contributed by atoms with van der Waals surface area (Å²) in [6, 6.07) is 7.75. The van der Waals surface area contributed by atoms with Crippen LogP contribution in [0.1, 0.15) is 32.3 Å². The van der Waals surface area contributed by atoms with E-state index in [4.69, 9.17) is 0 Å². The average Bonchev–Trinajstić information content (AvgIpc) is 2.50. The predicted molar refractivity (Wildman–Crippen MR) is 88.9 cm³/mol. The summed E-state index contributed by atoms with van der Waals surface area (Å²) in [6.07, 6.45) is 4.01. The van der Waals surface area contributed by atoms with Crippen molar-refractivity contribution in [1.29, 1.82) is 0 Å². The molecule has 1 aromatic heterocycles. The van der Waals surface area contributed by atoms with E-state index in [0.29, 0.717) is 5.92 Å². The monoisotopic (exact) mass is 300 g/mol. The number of hydrogen-bond donors (Lipinski definition) is 2. The number of H-pyrrole nitrogens is 1. The highest BCUT2D eigenvalue weighted by molar-refractivity contribution is 5.84. The topological polar surface area (TPSA) is 56.3 Å².